The van der Waals surface area contributed by atoms with E-state index in [1.54, 1.807) is 0 Å². The number of nitrogens with two attached hydrogens (primary N) is 1. The van der Waals surface area contributed by atoms with Crippen LogP contribution in [-0.4, -0.2) is 26.1 Å². The number of rotatable bonds is 8. The van der Waals surface area contributed by atoms with Crippen LogP contribution in [-0.2, 0) is 6.54 Å². The molecule has 0 radical (unpaired) electrons. The van der Waals surface area contributed by atoms with E-state index in [1.807, 2.05) is 0 Å². The zero-order chi connectivity index (χ0) is 28.4. The SMILES string of the molecule is NC(=O)Nc1cc(Oc2ccc(NC(=O)c3cn(CC4CC4)c(=O)n(-c4ccc(F)cc4)c3=O)cc2F)ccn1. The molecule has 2 aromatic carbocycles. The summed E-state index contributed by atoms with van der Waals surface area (Å²) in [5, 5.41) is 4.75. The van der Waals surface area contributed by atoms with Gasteiger partial charge in [0.05, 0.1) is 5.69 Å². The number of hydrogen-bond acceptors (Lipinski definition) is 6. The molecular weight excluding hydrogens is 526 g/mol. The number of halogens is 2. The topological polar surface area (TPSA) is 150 Å². The van der Waals surface area contributed by atoms with E-state index >= 15 is 0 Å². The molecule has 0 bridgehead atoms. The van der Waals surface area contributed by atoms with Gasteiger partial charge >= 0.3 is 11.7 Å². The van der Waals surface area contributed by atoms with Crippen LogP contribution in [0.4, 0.5) is 25.1 Å². The number of pyridine rings is 1. The first kappa shape index (κ1) is 26.3. The lowest BCUT2D eigenvalue weighted by Crippen LogP contribution is -2.42. The molecule has 0 atom stereocenters. The Bertz CT molecular complexity index is 1730. The van der Waals surface area contributed by atoms with Gasteiger partial charge in [0.15, 0.2) is 11.6 Å². The van der Waals surface area contributed by atoms with Gasteiger partial charge in [0.2, 0.25) is 0 Å². The first-order valence-corrected chi connectivity index (χ1v) is 12.1. The largest absolute Gasteiger partial charge is 0.454 e. The average Bonchev–Trinajstić information content (AvgIpc) is 3.72. The molecule has 2 aromatic heterocycles. The molecule has 0 saturated heterocycles. The van der Waals surface area contributed by atoms with E-state index < -0.39 is 34.8 Å². The van der Waals surface area contributed by atoms with E-state index in [0.29, 0.717) is 6.54 Å². The summed E-state index contributed by atoms with van der Waals surface area (Å²) >= 11 is 0. The lowest BCUT2D eigenvalue weighted by Gasteiger charge is -2.14. The van der Waals surface area contributed by atoms with Crippen LogP contribution in [0.1, 0.15) is 23.2 Å². The highest BCUT2D eigenvalue weighted by molar-refractivity contribution is 6.03. The van der Waals surface area contributed by atoms with Gasteiger partial charge in [0, 0.05) is 36.8 Å². The number of amides is 3. The minimum absolute atomic E-state index is 0.0216. The predicted octanol–water partition coefficient (Wildman–Crippen LogP) is 3.62. The van der Waals surface area contributed by atoms with Gasteiger partial charge in [-0.1, -0.05) is 0 Å². The molecule has 1 saturated carbocycles. The third kappa shape index (κ3) is 5.88. The smallest absolute Gasteiger partial charge is 0.335 e. The first-order valence-electron chi connectivity index (χ1n) is 12.1. The van der Waals surface area contributed by atoms with Crippen molar-refractivity contribution < 1.29 is 23.1 Å². The first-order chi connectivity index (χ1) is 19.2. The zero-order valence-corrected chi connectivity index (χ0v) is 20.8. The number of carbonyl (C=O) groups is 2. The number of ether oxygens (including phenoxy) is 1. The molecule has 11 nitrogen and oxygen atoms in total. The molecule has 204 valence electrons. The van der Waals surface area contributed by atoms with E-state index in [-0.39, 0.29) is 40.2 Å². The second-order valence-electron chi connectivity index (χ2n) is 9.11. The molecule has 1 fully saturated rings. The average molecular weight is 549 g/mol. The number of hydrogen-bond donors (Lipinski definition) is 3. The minimum atomic E-state index is -0.903. The number of primary amides is 1. The number of aromatic nitrogens is 3. The predicted molar refractivity (Wildman–Crippen MR) is 141 cm³/mol. The van der Waals surface area contributed by atoms with Crippen molar-refractivity contribution in [3.05, 3.63) is 105 Å². The molecule has 0 unspecified atom stereocenters. The van der Waals surface area contributed by atoms with Gasteiger partial charge in [0.1, 0.15) is 22.9 Å². The van der Waals surface area contributed by atoms with Crippen molar-refractivity contribution in [2.45, 2.75) is 19.4 Å². The van der Waals surface area contributed by atoms with Crippen molar-refractivity contribution >= 4 is 23.4 Å². The lowest BCUT2D eigenvalue weighted by atomic mass is 10.2. The fourth-order valence-electron chi connectivity index (χ4n) is 3.94. The van der Waals surface area contributed by atoms with Crippen LogP contribution >= 0.6 is 0 Å². The normalized spacial score (nSPS) is 12.6. The molecule has 4 aromatic rings. The summed E-state index contributed by atoms with van der Waals surface area (Å²) < 4.78 is 35.9. The summed E-state index contributed by atoms with van der Waals surface area (Å²) in [6.07, 6.45) is 4.35. The standard InChI is InChI=1S/C27H22F2N6O5/c28-16-3-6-18(7-4-16)35-25(37)20(14-34(27(35)39)13-15-1-2-15)24(36)32-17-5-8-22(21(29)11-17)40-19-9-10-31-23(12-19)33-26(30)38/h3-12,14-15H,1-2,13H2,(H,32,36)(H3,30,31,33,38). The maximum atomic E-state index is 14.8. The molecule has 0 aliphatic heterocycles. The molecule has 1 aliphatic rings. The number of nitrogens with zero attached hydrogens (tertiary/aromatic N) is 3. The zero-order valence-electron chi connectivity index (χ0n) is 20.8. The summed E-state index contributed by atoms with van der Waals surface area (Å²) in [6, 6.07) is 10.3. The minimum Gasteiger partial charge on any atom is -0.454 e. The highest BCUT2D eigenvalue weighted by atomic mass is 19.1. The van der Waals surface area contributed by atoms with Crippen LogP contribution in [0.15, 0.2) is 76.6 Å². The molecule has 40 heavy (non-hydrogen) atoms. The van der Waals surface area contributed by atoms with Crippen LogP contribution in [0.25, 0.3) is 5.69 Å². The van der Waals surface area contributed by atoms with Gasteiger partial charge in [-0.2, -0.15) is 0 Å². The Labute approximate surface area is 224 Å². The summed E-state index contributed by atoms with van der Waals surface area (Å²) in [4.78, 5) is 54.4. The summed E-state index contributed by atoms with van der Waals surface area (Å²) in [5.41, 5.74) is 3.28. The maximum absolute atomic E-state index is 14.8. The van der Waals surface area contributed by atoms with E-state index in [1.165, 1.54) is 53.4 Å². The van der Waals surface area contributed by atoms with Crippen molar-refractivity contribution in [2.75, 3.05) is 10.6 Å². The lowest BCUT2D eigenvalue weighted by molar-refractivity contribution is 0.102. The fraction of sp³-hybridized carbons (Fsp3) is 0.148. The van der Waals surface area contributed by atoms with Gasteiger partial charge in [-0.05, 0) is 61.2 Å². The van der Waals surface area contributed by atoms with Gasteiger partial charge in [0.25, 0.3) is 11.5 Å². The highest BCUT2D eigenvalue weighted by Crippen LogP contribution is 2.30. The quantitative estimate of drug-likeness (QED) is 0.306. The highest BCUT2D eigenvalue weighted by Gasteiger charge is 2.25. The van der Waals surface area contributed by atoms with Crippen molar-refractivity contribution in [2.24, 2.45) is 11.7 Å². The Hall–Kier alpha value is -5.33. The Morgan fingerprint density at radius 3 is 2.45 bits per heavy atom. The van der Waals surface area contributed by atoms with Gasteiger partial charge in [-0.3, -0.25) is 19.5 Å². The van der Waals surface area contributed by atoms with Crippen LogP contribution in [0.2, 0.25) is 0 Å². The molecule has 4 N–H and O–H groups in total. The molecule has 13 heteroatoms. The van der Waals surface area contributed by atoms with Crippen molar-refractivity contribution in [3.8, 4) is 17.2 Å². The van der Waals surface area contributed by atoms with Gasteiger partial charge in [-0.15, -0.1) is 0 Å². The van der Waals surface area contributed by atoms with Crippen LogP contribution in [0.3, 0.4) is 0 Å². The van der Waals surface area contributed by atoms with Crippen LogP contribution < -0.4 is 32.4 Å². The molecule has 0 spiro atoms. The second-order valence-corrected chi connectivity index (χ2v) is 9.11. The van der Waals surface area contributed by atoms with E-state index in [4.69, 9.17) is 10.5 Å². The monoisotopic (exact) mass is 548 g/mol. The molecular formula is C27H22F2N6O5. The summed E-state index contributed by atoms with van der Waals surface area (Å²) in [5.74, 6) is -1.93. The third-order valence-electron chi connectivity index (χ3n) is 6.04. The molecule has 2 heterocycles. The maximum Gasteiger partial charge on any atom is 0.335 e. The van der Waals surface area contributed by atoms with Crippen LogP contribution in [0, 0.1) is 17.6 Å². The molecule has 3 amide bonds. The Morgan fingerprint density at radius 1 is 1.02 bits per heavy atom. The van der Waals surface area contributed by atoms with Crippen molar-refractivity contribution in [3.63, 3.8) is 0 Å². The van der Waals surface area contributed by atoms with Crippen molar-refractivity contribution in [1.82, 2.24) is 14.1 Å². The number of carbonyl (C=O) groups excluding carboxylic acids is 2. The molecule has 1 aliphatic carbocycles. The number of urea groups is 1. The van der Waals surface area contributed by atoms with E-state index in [2.05, 4.69) is 15.6 Å². The van der Waals surface area contributed by atoms with E-state index in [9.17, 15) is 28.0 Å². The summed E-state index contributed by atoms with van der Waals surface area (Å²) in [7, 11) is 0. The third-order valence-corrected chi connectivity index (χ3v) is 6.04. The second kappa shape index (κ2) is 10.8. The number of anilines is 2. The summed E-state index contributed by atoms with van der Waals surface area (Å²) in [6.45, 7) is 0.312. The number of nitrogens with one attached hydrogen (secondary N) is 2. The Morgan fingerprint density at radius 2 is 1.77 bits per heavy atom. The van der Waals surface area contributed by atoms with Crippen molar-refractivity contribution in [1.29, 1.82) is 0 Å². The van der Waals surface area contributed by atoms with Gasteiger partial charge in [-0.25, -0.2) is 27.9 Å². The van der Waals surface area contributed by atoms with Crippen LogP contribution in [0.5, 0.6) is 11.5 Å². The fourth-order valence-corrected chi connectivity index (χ4v) is 3.94. The molecule has 5 rings (SSSR count). The van der Waals surface area contributed by atoms with Gasteiger partial charge < -0.3 is 15.8 Å². The Kier molecular flexibility index (Phi) is 7.10. The Balaban J connectivity index is 1.41. The number of benzene rings is 2. The van der Waals surface area contributed by atoms with E-state index in [0.717, 1.165) is 35.6 Å².